The third-order valence-electron chi connectivity index (χ3n) is 4.70. The van der Waals surface area contributed by atoms with Gasteiger partial charge in [-0.15, -0.1) is 0 Å². The van der Waals surface area contributed by atoms with E-state index in [4.69, 9.17) is 5.26 Å². The van der Waals surface area contributed by atoms with Crippen molar-refractivity contribution in [1.82, 2.24) is 15.0 Å². The number of benzene rings is 1. The van der Waals surface area contributed by atoms with E-state index in [2.05, 4.69) is 26.3 Å². The molecule has 0 spiro atoms. The van der Waals surface area contributed by atoms with E-state index in [1.807, 2.05) is 29.2 Å². The lowest BCUT2D eigenvalue weighted by atomic mass is 10.0. The van der Waals surface area contributed by atoms with Crippen molar-refractivity contribution in [3.05, 3.63) is 52.0 Å². The Morgan fingerprint density at radius 3 is 3.04 bits per heavy atom. The largest absolute Gasteiger partial charge is 0.363 e. The topological polar surface area (TPSA) is 124 Å². The molecule has 0 saturated carbocycles. The molecule has 0 saturated heterocycles. The van der Waals surface area contributed by atoms with Gasteiger partial charge in [0, 0.05) is 29.7 Å². The van der Waals surface area contributed by atoms with E-state index in [-0.39, 0.29) is 17.9 Å². The molecule has 9 nitrogen and oxygen atoms in total. The van der Waals surface area contributed by atoms with Crippen molar-refractivity contribution in [2.75, 3.05) is 23.3 Å². The maximum Gasteiger partial charge on any atom is 0.353 e. The molecule has 1 aliphatic heterocycles. The van der Waals surface area contributed by atoms with Crippen LogP contribution in [0.3, 0.4) is 0 Å². The third-order valence-corrected chi connectivity index (χ3v) is 4.70. The minimum atomic E-state index is -0.467. The summed E-state index contributed by atoms with van der Waals surface area (Å²) in [5.74, 6) is 0.432. The van der Waals surface area contributed by atoms with Crippen LogP contribution in [-0.4, -0.2) is 33.0 Å². The predicted octanol–water partition coefficient (Wildman–Crippen LogP) is 2.75. The Balaban J connectivity index is 1.68. The third kappa shape index (κ3) is 3.01. The number of aromatic nitrogens is 3. The first-order valence-corrected chi connectivity index (χ1v) is 8.62. The zero-order valence-electron chi connectivity index (χ0n) is 14.5. The summed E-state index contributed by atoms with van der Waals surface area (Å²) in [6, 6.07) is 10.1. The van der Waals surface area contributed by atoms with Gasteiger partial charge >= 0.3 is 5.69 Å². The lowest BCUT2D eigenvalue weighted by molar-refractivity contribution is -0.383. The van der Waals surface area contributed by atoms with Crippen LogP contribution in [0.2, 0.25) is 0 Å². The van der Waals surface area contributed by atoms with Gasteiger partial charge in [0.05, 0.1) is 24.0 Å². The van der Waals surface area contributed by atoms with Crippen LogP contribution >= 0.6 is 0 Å². The number of nitrogens with zero attached hydrogens (tertiary/aromatic N) is 5. The number of anilines is 2. The summed E-state index contributed by atoms with van der Waals surface area (Å²) in [7, 11) is 0. The van der Waals surface area contributed by atoms with Gasteiger partial charge in [-0.3, -0.25) is 10.1 Å². The van der Waals surface area contributed by atoms with Crippen molar-refractivity contribution in [3.63, 3.8) is 0 Å². The van der Waals surface area contributed by atoms with E-state index in [1.54, 1.807) is 0 Å². The Hall–Kier alpha value is -3.67. The monoisotopic (exact) mass is 363 g/mol. The number of hydrogen-bond donors (Lipinski definition) is 2. The Bertz CT molecular complexity index is 1050. The molecule has 27 heavy (non-hydrogen) atoms. The molecule has 4 rings (SSSR count). The van der Waals surface area contributed by atoms with Gasteiger partial charge < -0.3 is 15.2 Å². The number of rotatable bonds is 5. The molecule has 0 bridgehead atoms. The Morgan fingerprint density at radius 2 is 2.22 bits per heavy atom. The van der Waals surface area contributed by atoms with Crippen molar-refractivity contribution < 1.29 is 4.92 Å². The number of H-pyrrole nitrogens is 1. The van der Waals surface area contributed by atoms with Crippen LogP contribution in [0.1, 0.15) is 17.7 Å². The quantitative estimate of drug-likeness (QED) is 0.406. The molecule has 0 unspecified atom stereocenters. The maximum absolute atomic E-state index is 11.7. The van der Waals surface area contributed by atoms with Gasteiger partial charge in [-0.05, 0) is 18.1 Å². The molecule has 0 radical (unpaired) electrons. The molecule has 2 aromatic heterocycles. The van der Waals surface area contributed by atoms with Crippen LogP contribution in [0, 0.1) is 21.4 Å². The van der Waals surface area contributed by atoms with E-state index in [0.29, 0.717) is 25.5 Å². The van der Waals surface area contributed by atoms with Gasteiger partial charge in [0.25, 0.3) is 0 Å². The fourth-order valence-corrected chi connectivity index (χ4v) is 3.51. The zero-order chi connectivity index (χ0) is 18.8. The molecule has 0 aliphatic carbocycles. The van der Waals surface area contributed by atoms with Crippen molar-refractivity contribution in [2.24, 2.45) is 0 Å². The first-order chi connectivity index (χ1) is 13.2. The van der Waals surface area contributed by atoms with Gasteiger partial charge in [-0.25, -0.2) is 9.97 Å². The van der Waals surface area contributed by atoms with Crippen molar-refractivity contribution in [1.29, 1.82) is 5.26 Å². The van der Waals surface area contributed by atoms with Gasteiger partial charge in [0.1, 0.15) is 6.33 Å². The number of nitriles is 1. The maximum atomic E-state index is 11.7. The van der Waals surface area contributed by atoms with E-state index < -0.39 is 4.92 Å². The number of nitrogens with one attached hydrogen (secondary N) is 2. The number of nitro groups is 1. The van der Waals surface area contributed by atoms with E-state index in [1.165, 1.54) is 17.3 Å². The van der Waals surface area contributed by atoms with E-state index in [9.17, 15) is 10.1 Å². The Labute approximate surface area is 154 Å². The smallest absolute Gasteiger partial charge is 0.353 e. The Kier molecular flexibility index (Phi) is 4.30. The second-order valence-electron chi connectivity index (χ2n) is 6.29. The summed E-state index contributed by atoms with van der Waals surface area (Å²) in [5.41, 5.74) is 3.22. The van der Waals surface area contributed by atoms with E-state index in [0.717, 1.165) is 17.6 Å². The summed E-state index contributed by atoms with van der Waals surface area (Å²) in [6.07, 6.45) is 2.33. The Morgan fingerprint density at radius 1 is 1.37 bits per heavy atom. The molecule has 1 aromatic carbocycles. The molecule has 136 valence electrons. The molecule has 1 aliphatic rings. The first kappa shape index (κ1) is 16.8. The number of aromatic amines is 1. The molecule has 0 fully saturated rings. The average Bonchev–Trinajstić information content (AvgIpc) is 3.05. The molecule has 3 heterocycles. The number of para-hydroxylation sites is 1. The zero-order valence-corrected chi connectivity index (χ0v) is 14.5. The molecular weight excluding hydrogens is 346 g/mol. The van der Waals surface area contributed by atoms with Crippen LogP contribution < -0.4 is 10.2 Å². The highest BCUT2D eigenvalue weighted by atomic mass is 16.6. The summed E-state index contributed by atoms with van der Waals surface area (Å²) >= 11 is 0. The second kappa shape index (κ2) is 6.92. The normalized spacial score (nSPS) is 13.2. The second-order valence-corrected chi connectivity index (χ2v) is 6.29. The van der Waals surface area contributed by atoms with Crippen molar-refractivity contribution in [2.45, 2.75) is 19.4 Å². The lowest BCUT2D eigenvalue weighted by Crippen LogP contribution is -2.31. The lowest BCUT2D eigenvalue weighted by Gasteiger charge is -2.27. The number of hydrogen-bond acceptors (Lipinski definition) is 7. The SMILES string of the molecule is N#CCCNc1ncnc(N2CCc3c([nH]c4ccccc34)C2)c1[N+](=O)[O-]. The average molecular weight is 363 g/mol. The van der Waals surface area contributed by atoms with Gasteiger partial charge in [-0.1, -0.05) is 18.2 Å². The van der Waals surface area contributed by atoms with Gasteiger partial charge in [0.15, 0.2) is 0 Å². The standard InChI is InChI=1S/C18H17N7O2/c19-7-3-8-20-17-16(25(26)27)18(22-11-21-17)24-9-6-13-12-4-1-2-5-14(12)23-15(13)10-24/h1-2,4-5,11,23H,3,6,8-10H2,(H,20,21,22). The highest BCUT2D eigenvalue weighted by Gasteiger charge is 2.30. The predicted molar refractivity (Wildman–Crippen MR) is 100 cm³/mol. The van der Waals surface area contributed by atoms with Crippen LogP contribution in [-0.2, 0) is 13.0 Å². The highest BCUT2D eigenvalue weighted by molar-refractivity contribution is 5.85. The molecule has 2 N–H and O–H groups in total. The van der Waals surface area contributed by atoms with Gasteiger partial charge in [0.2, 0.25) is 11.6 Å². The van der Waals surface area contributed by atoms with Crippen molar-refractivity contribution >= 4 is 28.2 Å². The van der Waals surface area contributed by atoms with Crippen LogP contribution in [0.15, 0.2) is 30.6 Å². The van der Waals surface area contributed by atoms with Crippen LogP contribution in [0.4, 0.5) is 17.3 Å². The summed E-state index contributed by atoms with van der Waals surface area (Å²) in [6.45, 7) is 1.43. The highest BCUT2D eigenvalue weighted by Crippen LogP contribution is 2.35. The molecule has 9 heteroatoms. The first-order valence-electron chi connectivity index (χ1n) is 8.62. The number of fused-ring (bicyclic) bond motifs is 3. The minimum absolute atomic E-state index is 0.141. The summed E-state index contributed by atoms with van der Waals surface area (Å²) in [4.78, 5) is 24.7. The molecular formula is C18H17N7O2. The fraction of sp³-hybridized carbons (Fsp3) is 0.278. The molecule has 0 atom stereocenters. The molecule has 3 aromatic rings. The minimum Gasteiger partial charge on any atom is -0.363 e. The van der Waals surface area contributed by atoms with Crippen molar-refractivity contribution in [3.8, 4) is 6.07 Å². The summed E-state index contributed by atoms with van der Waals surface area (Å²) in [5, 5.41) is 24.4. The van der Waals surface area contributed by atoms with E-state index >= 15 is 0 Å². The van der Waals surface area contributed by atoms with Gasteiger partial charge in [-0.2, -0.15) is 5.26 Å². The van der Waals surface area contributed by atoms with Crippen LogP contribution in [0.25, 0.3) is 10.9 Å². The van der Waals surface area contributed by atoms with Crippen LogP contribution in [0.5, 0.6) is 0 Å². The fourth-order valence-electron chi connectivity index (χ4n) is 3.51. The molecule has 0 amide bonds. The summed E-state index contributed by atoms with van der Waals surface area (Å²) < 4.78 is 0.